The van der Waals surface area contributed by atoms with Crippen LogP contribution in [0.4, 0.5) is 11.4 Å². The molecule has 0 spiro atoms. The second-order valence-corrected chi connectivity index (χ2v) is 5.61. The van der Waals surface area contributed by atoms with Crippen LogP contribution in [0.25, 0.3) is 0 Å². The fraction of sp³-hybridized carbons (Fsp3) is 0.100. The zero-order chi connectivity index (χ0) is 18.2. The quantitative estimate of drug-likeness (QED) is 0.611. The molecule has 132 valence electrons. The first-order valence-corrected chi connectivity index (χ1v) is 8.20. The summed E-state index contributed by atoms with van der Waals surface area (Å²) in [5, 5.41) is 8.58. The Morgan fingerprint density at radius 2 is 1.69 bits per heavy atom. The number of rotatable bonds is 7. The maximum Gasteiger partial charge on any atom is 0.251 e. The minimum Gasteiger partial charge on any atom is -0.467 e. The maximum atomic E-state index is 12.2. The van der Waals surface area contributed by atoms with Crippen molar-refractivity contribution < 1.29 is 14.0 Å². The number of para-hydroxylation sites is 1. The summed E-state index contributed by atoms with van der Waals surface area (Å²) in [5.41, 5.74) is 1.90. The summed E-state index contributed by atoms with van der Waals surface area (Å²) >= 11 is 0. The number of amides is 2. The van der Waals surface area contributed by atoms with Crippen molar-refractivity contribution in [3.05, 3.63) is 84.3 Å². The van der Waals surface area contributed by atoms with E-state index in [1.807, 2.05) is 30.3 Å². The molecule has 0 atom stereocenters. The fourth-order valence-electron chi connectivity index (χ4n) is 2.36. The molecule has 0 aliphatic heterocycles. The molecule has 0 saturated carbocycles. The zero-order valence-electron chi connectivity index (χ0n) is 14.1. The molecule has 0 radical (unpaired) electrons. The highest BCUT2D eigenvalue weighted by Crippen LogP contribution is 2.11. The van der Waals surface area contributed by atoms with Crippen LogP contribution in [-0.2, 0) is 11.3 Å². The van der Waals surface area contributed by atoms with Crippen LogP contribution in [0.3, 0.4) is 0 Å². The normalized spacial score (nSPS) is 10.2. The number of nitrogens with one attached hydrogen (secondary N) is 3. The highest BCUT2D eigenvalue weighted by Gasteiger charge is 2.08. The molecule has 3 aromatic rings. The van der Waals surface area contributed by atoms with Crippen molar-refractivity contribution in [1.29, 1.82) is 0 Å². The van der Waals surface area contributed by atoms with Crippen molar-refractivity contribution in [2.75, 3.05) is 17.2 Å². The first-order valence-electron chi connectivity index (χ1n) is 8.20. The van der Waals surface area contributed by atoms with E-state index in [4.69, 9.17) is 4.42 Å². The Hall–Kier alpha value is -3.54. The van der Waals surface area contributed by atoms with Gasteiger partial charge < -0.3 is 20.4 Å². The van der Waals surface area contributed by atoms with Gasteiger partial charge >= 0.3 is 0 Å². The molecule has 1 aromatic heterocycles. The molecule has 0 unspecified atom stereocenters. The van der Waals surface area contributed by atoms with E-state index in [9.17, 15) is 9.59 Å². The molecule has 0 aliphatic rings. The molecule has 0 aliphatic carbocycles. The molecule has 6 heteroatoms. The summed E-state index contributed by atoms with van der Waals surface area (Å²) in [6.45, 7) is 0.447. The Labute approximate surface area is 151 Å². The van der Waals surface area contributed by atoms with E-state index >= 15 is 0 Å². The average Bonchev–Trinajstić information content (AvgIpc) is 3.19. The van der Waals surface area contributed by atoms with E-state index < -0.39 is 0 Å². The van der Waals surface area contributed by atoms with Crippen LogP contribution in [0, 0.1) is 0 Å². The van der Waals surface area contributed by atoms with Crippen LogP contribution in [0.1, 0.15) is 16.1 Å². The van der Waals surface area contributed by atoms with Gasteiger partial charge in [0.1, 0.15) is 5.76 Å². The Morgan fingerprint density at radius 3 is 2.46 bits per heavy atom. The van der Waals surface area contributed by atoms with Crippen molar-refractivity contribution in [3.8, 4) is 0 Å². The molecular formula is C20H19N3O3. The first kappa shape index (κ1) is 17.3. The van der Waals surface area contributed by atoms with Crippen molar-refractivity contribution in [1.82, 2.24) is 5.32 Å². The summed E-state index contributed by atoms with van der Waals surface area (Å²) in [5.74, 6) is 0.247. The molecule has 3 rings (SSSR count). The topological polar surface area (TPSA) is 83.4 Å². The molecule has 0 bridgehead atoms. The Morgan fingerprint density at radius 1 is 0.885 bits per heavy atom. The summed E-state index contributed by atoms with van der Waals surface area (Å²) in [4.78, 5) is 24.3. The van der Waals surface area contributed by atoms with Gasteiger partial charge in [-0.05, 0) is 42.5 Å². The van der Waals surface area contributed by atoms with Gasteiger partial charge in [-0.15, -0.1) is 0 Å². The van der Waals surface area contributed by atoms with Crippen LogP contribution < -0.4 is 16.0 Å². The number of carbonyl (C=O) groups excluding carboxylic acids is 2. The molecule has 2 amide bonds. The van der Waals surface area contributed by atoms with Gasteiger partial charge in [-0.3, -0.25) is 9.59 Å². The smallest absolute Gasteiger partial charge is 0.251 e. The number of carbonyl (C=O) groups is 2. The SMILES string of the molecule is O=C(CNc1ccccc1)Nc1cccc(C(=O)NCc2ccco2)c1. The van der Waals surface area contributed by atoms with Crippen LogP contribution in [0.2, 0.25) is 0 Å². The number of furan rings is 1. The lowest BCUT2D eigenvalue weighted by molar-refractivity contribution is -0.114. The van der Waals surface area contributed by atoms with Gasteiger partial charge in [-0.2, -0.15) is 0 Å². The molecule has 0 saturated heterocycles. The molecule has 26 heavy (non-hydrogen) atoms. The number of hydrogen-bond acceptors (Lipinski definition) is 4. The molecule has 2 aromatic carbocycles. The Kier molecular flexibility index (Phi) is 5.67. The van der Waals surface area contributed by atoms with E-state index in [0.29, 0.717) is 23.6 Å². The minimum atomic E-state index is -0.236. The Bertz CT molecular complexity index is 861. The van der Waals surface area contributed by atoms with Gasteiger partial charge in [-0.1, -0.05) is 24.3 Å². The van der Waals surface area contributed by atoms with Gasteiger partial charge in [0.25, 0.3) is 5.91 Å². The first-order chi connectivity index (χ1) is 12.7. The van der Waals surface area contributed by atoms with Crippen LogP contribution in [-0.4, -0.2) is 18.4 Å². The highest BCUT2D eigenvalue weighted by molar-refractivity contribution is 5.98. The second-order valence-electron chi connectivity index (χ2n) is 5.61. The average molecular weight is 349 g/mol. The largest absolute Gasteiger partial charge is 0.467 e. The van der Waals surface area contributed by atoms with E-state index in [1.165, 1.54) is 0 Å². The fourth-order valence-corrected chi connectivity index (χ4v) is 2.36. The molecule has 3 N–H and O–H groups in total. The lowest BCUT2D eigenvalue weighted by Crippen LogP contribution is -2.24. The molecular weight excluding hydrogens is 330 g/mol. The lowest BCUT2D eigenvalue weighted by Gasteiger charge is -2.09. The van der Waals surface area contributed by atoms with Crippen LogP contribution in [0.15, 0.2) is 77.4 Å². The number of benzene rings is 2. The summed E-state index contributed by atoms with van der Waals surface area (Å²) in [6.07, 6.45) is 1.56. The third-order valence-corrected chi connectivity index (χ3v) is 3.64. The molecule has 1 heterocycles. The van der Waals surface area contributed by atoms with Crippen molar-refractivity contribution in [3.63, 3.8) is 0 Å². The minimum absolute atomic E-state index is 0.138. The monoisotopic (exact) mass is 349 g/mol. The van der Waals surface area contributed by atoms with Crippen LogP contribution in [0.5, 0.6) is 0 Å². The van der Waals surface area contributed by atoms with E-state index in [0.717, 1.165) is 5.69 Å². The number of hydrogen-bond donors (Lipinski definition) is 3. The molecule has 0 fully saturated rings. The van der Waals surface area contributed by atoms with Gasteiger partial charge in [0.15, 0.2) is 0 Å². The van der Waals surface area contributed by atoms with Gasteiger partial charge in [-0.25, -0.2) is 0 Å². The van der Waals surface area contributed by atoms with Crippen LogP contribution >= 0.6 is 0 Å². The lowest BCUT2D eigenvalue weighted by atomic mass is 10.2. The van der Waals surface area contributed by atoms with Gasteiger partial charge in [0.2, 0.25) is 5.91 Å². The van der Waals surface area contributed by atoms with Gasteiger partial charge in [0.05, 0.1) is 19.4 Å². The second kappa shape index (κ2) is 8.53. The standard InChI is InChI=1S/C20H19N3O3/c24-19(14-21-16-7-2-1-3-8-16)23-17-9-4-6-15(12-17)20(25)22-13-18-10-5-11-26-18/h1-12,21H,13-14H2,(H,22,25)(H,23,24). The van der Waals surface area contributed by atoms with Crippen molar-refractivity contribution in [2.45, 2.75) is 6.54 Å². The highest BCUT2D eigenvalue weighted by atomic mass is 16.3. The van der Waals surface area contributed by atoms with Crippen molar-refractivity contribution in [2.24, 2.45) is 0 Å². The maximum absolute atomic E-state index is 12.2. The third kappa shape index (κ3) is 4.98. The van der Waals surface area contributed by atoms with E-state index in [-0.39, 0.29) is 18.4 Å². The predicted molar refractivity (Wildman–Crippen MR) is 99.9 cm³/mol. The van der Waals surface area contributed by atoms with E-state index in [1.54, 1.807) is 42.7 Å². The van der Waals surface area contributed by atoms with Crippen molar-refractivity contribution >= 4 is 23.2 Å². The third-order valence-electron chi connectivity index (χ3n) is 3.64. The number of anilines is 2. The Balaban J connectivity index is 1.53. The van der Waals surface area contributed by atoms with E-state index in [2.05, 4.69) is 16.0 Å². The predicted octanol–water partition coefficient (Wildman–Crippen LogP) is 3.26. The summed E-state index contributed by atoms with van der Waals surface area (Å²) < 4.78 is 5.18. The van der Waals surface area contributed by atoms with Gasteiger partial charge in [0, 0.05) is 16.9 Å². The molecule has 6 nitrogen and oxygen atoms in total. The summed E-state index contributed by atoms with van der Waals surface area (Å²) in [7, 11) is 0. The summed E-state index contributed by atoms with van der Waals surface area (Å²) in [6, 6.07) is 19.8. The zero-order valence-corrected chi connectivity index (χ0v) is 14.1.